The zero-order valence-electron chi connectivity index (χ0n) is 14.2. The second-order valence-electron chi connectivity index (χ2n) is 5.69. The number of halogens is 1. The van der Waals surface area contributed by atoms with E-state index in [4.69, 9.17) is 14.2 Å². The molecule has 0 saturated carbocycles. The number of carbonyl (C=O) groups excluding carboxylic acids is 2. The van der Waals surface area contributed by atoms with Crippen molar-refractivity contribution in [1.29, 1.82) is 0 Å². The number of rotatable bonds is 3. The summed E-state index contributed by atoms with van der Waals surface area (Å²) in [6.45, 7) is 0.579. The first-order chi connectivity index (χ1) is 12.6. The number of esters is 1. The van der Waals surface area contributed by atoms with Gasteiger partial charge in [-0.1, -0.05) is 52.3 Å². The summed E-state index contributed by atoms with van der Waals surface area (Å²) in [7, 11) is 1.29. The van der Waals surface area contributed by atoms with Gasteiger partial charge in [0.1, 0.15) is 19.0 Å². The predicted octanol–water partition coefficient (Wildman–Crippen LogP) is 3.69. The average Bonchev–Trinajstić information content (AvgIpc) is 2.85. The van der Waals surface area contributed by atoms with Crippen LogP contribution in [0.25, 0.3) is 0 Å². The van der Waals surface area contributed by atoms with Crippen LogP contribution >= 0.6 is 15.9 Å². The van der Waals surface area contributed by atoms with E-state index >= 15 is 0 Å². The fourth-order valence-corrected chi connectivity index (χ4v) is 3.11. The first-order valence-corrected chi connectivity index (χ1v) is 8.87. The Morgan fingerprint density at radius 2 is 2.00 bits per heavy atom. The summed E-state index contributed by atoms with van der Waals surface area (Å²) >= 11 is 3.38. The van der Waals surface area contributed by atoms with Gasteiger partial charge in [0.15, 0.2) is 6.04 Å². The van der Waals surface area contributed by atoms with E-state index in [0.29, 0.717) is 11.3 Å². The topological polar surface area (TPSA) is 65.1 Å². The van der Waals surface area contributed by atoms with Gasteiger partial charge in [-0.2, -0.15) is 0 Å². The smallest absolute Gasteiger partial charge is 0.411 e. The molecule has 0 fully saturated rings. The quantitative estimate of drug-likeness (QED) is 0.709. The summed E-state index contributed by atoms with van der Waals surface area (Å²) in [6.07, 6.45) is -0.594. The molecule has 2 aromatic rings. The van der Waals surface area contributed by atoms with Gasteiger partial charge in [-0.05, 0) is 17.7 Å². The normalized spacial score (nSPS) is 16.1. The van der Waals surface area contributed by atoms with E-state index < -0.39 is 18.1 Å². The zero-order chi connectivity index (χ0) is 18.5. The number of hydrogen-bond donors (Lipinski definition) is 0. The van der Waals surface area contributed by atoms with Crippen LogP contribution in [0.4, 0.5) is 4.79 Å². The van der Waals surface area contributed by atoms with Crippen LogP contribution in [-0.2, 0) is 20.9 Å². The van der Waals surface area contributed by atoms with Crippen molar-refractivity contribution >= 4 is 28.0 Å². The Kier molecular flexibility index (Phi) is 5.78. The minimum absolute atomic E-state index is 0.123. The summed E-state index contributed by atoms with van der Waals surface area (Å²) in [4.78, 5) is 26.4. The molecule has 1 heterocycles. The molecule has 0 spiro atoms. The molecule has 7 heteroatoms. The fourth-order valence-electron chi connectivity index (χ4n) is 2.77. The van der Waals surface area contributed by atoms with Crippen molar-refractivity contribution in [1.82, 2.24) is 4.90 Å². The van der Waals surface area contributed by atoms with Gasteiger partial charge in [0, 0.05) is 10.0 Å². The highest BCUT2D eigenvalue weighted by Crippen LogP contribution is 2.35. The van der Waals surface area contributed by atoms with Gasteiger partial charge in [0.05, 0.1) is 13.7 Å². The highest BCUT2D eigenvalue weighted by molar-refractivity contribution is 9.10. The Bertz CT molecular complexity index is 796. The van der Waals surface area contributed by atoms with Crippen LogP contribution < -0.4 is 4.74 Å². The molecule has 136 valence electrons. The van der Waals surface area contributed by atoms with Crippen LogP contribution in [0, 0.1) is 0 Å². The molecule has 2 aromatic carbocycles. The average molecular weight is 420 g/mol. The van der Waals surface area contributed by atoms with Crippen molar-refractivity contribution in [2.75, 3.05) is 20.3 Å². The number of methoxy groups -OCH3 is 1. The summed E-state index contributed by atoms with van der Waals surface area (Å²) in [5.41, 5.74) is 1.43. The summed E-state index contributed by atoms with van der Waals surface area (Å²) < 4.78 is 16.9. The highest BCUT2D eigenvalue weighted by Gasteiger charge is 2.37. The van der Waals surface area contributed by atoms with Crippen molar-refractivity contribution < 1.29 is 23.8 Å². The van der Waals surface area contributed by atoms with Crippen molar-refractivity contribution in [2.24, 2.45) is 0 Å². The molecule has 6 nitrogen and oxygen atoms in total. The molecular formula is C19H18BrNO5. The number of benzene rings is 2. The van der Waals surface area contributed by atoms with E-state index in [1.807, 2.05) is 30.3 Å². The third-order valence-electron chi connectivity index (χ3n) is 4.04. The molecule has 1 aliphatic rings. The lowest BCUT2D eigenvalue weighted by Crippen LogP contribution is -2.40. The van der Waals surface area contributed by atoms with Crippen LogP contribution in [-0.4, -0.2) is 37.2 Å². The minimum atomic E-state index is -0.922. The molecule has 0 aliphatic carbocycles. The Labute approximate surface area is 159 Å². The molecule has 1 aliphatic heterocycles. The molecule has 1 atom stereocenters. The summed E-state index contributed by atoms with van der Waals surface area (Å²) in [5, 5.41) is 0. The molecule has 26 heavy (non-hydrogen) atoms. The van der Waals surface area contributed by atoms with E-state index in [0.717, 1.165) is 10.0 Å². The molecular weight excluding hydrogens is 402 g/mol. The van der Waals surface area contributed by atoms with Crippen molar-refractivity contribution in [3.05, 3.63) is 64.1 Å². The Balaban J connectivity index is 1.85. The van der Waals surface area contributed by atoms with Crippen molar-refractivity contribution in [3.8, 4) is 5.75 Å². The third kappa shape index (κ3) is 3.99. The largest absolute Gasteiger partial charge is 0.491 e. The molecule has 3 rings (SSSR count). The van der Waals surface area contributed by atoms with Crippen molar-refractivity contribution in [3.63, 3.8) is 0 Å². The second kappa shape index (κ2) is 8.23. The van der Waals surface area contributed by atoms with Crippen LogP contribution in [0.15, 0.2) is 53.0 Å². The Morgan fingerprint density at radius 1 is 1.23 bits per heavy atom. The van der Waals surface area contributed by atoms with Crippen LogP contribution in [0.3, 0.4) is 0 Å². The standard InChI is InChI=1S/C19H18BrNO5/c1-24-18(22)17-15-8-7-14(20)11-16(15)25-10-9-21(17)19(23)26-12-13-5-3-2-4-6-13/h2-8,11,17H,9-10,12H2,1H3. The predicted molar refractivity (Wildman–Crippen MR) is 97.7 cm³/mol. The minimum Gasteiger partial charge on any atom is -0.491 e. The lowest BCUT2D eigenvalue weighted by molar-refractivity contribution is -0.146. The zero-order valence-corrected chi connectivity index (χ0v) is 15.8. The molecule has 0 saturated heterocycles. The molecule has 0 N–H and O–H groups in total. The van der Waals surface area contributed by atoms with Gasteiger partial charge in [-0.3, -0.25) is 4.90 Å². The van der Waals surface area contributed by atoms with E-state index in [-0.39, 0.29) is 19.8 Å². The number of hydrogen-bond acceptors (Lipinski definition) is 5. The number of amides is 1. The highest BCUT2D eigenvalue weighted by atomic mass is 79.9. The van der Waals surface area contributed by atoms with Gasteiger partial charge in [-0.15, -0.1) is 0 Å². The molecule has 0 bridgehead atoms. The lowest BCUT2D eigenvalue weighted by Gasteiger charge is -2.27. The second-order valence-corrected chi connectivity index (χ2v) is 6.61. The Morgan fingerprint density at radius 3 is 2.73 bits per heavy atom. The maximum absolute atomic E-state index is 12.7. The third-order valence-corrected chi connectivity index (χ3v) is 4.53. The van der Waals surface area contributed by atoms with Crippen molar-refractivity contribution in [2.45, 2.75) is 12.6 Å². The first-order valence-electron chi connectivity index (χ1n) is 8.07. The van der Waals surface area contributed by atoms with Crippen LogP contribution in [0.1, 0.15) is 17.2 Å². The summed E-state index contributed by atoms with van der Waals surface area (Å²) in [5.74, 6) is -0.0103. The summed E-state index contributed by atoms with van der Waals surface area (Å²) in [6, 6.07) is 13.7. The first kappa shape index (κ1) is 18.3. The van der Waals surface area contributed by atoms with E-state index in [9.17, 15) is 9.59 Å². The SMILES string of the molecule is COC(=O)C1c2ccc(Br)cc2OCCN1C(=O)OCc1ccccc1. The molecule has 0 radical (unpaired) electrons. The van der Waals surface area contributed by atoms with E-state index in [1.165, 1.54) is 12.0 Å². The lowest BCUT2D eigenvalue weighted by atomic mass is 10.0. The maximum atomic E-state index is 12.7. The number of fused-ring (bicyclic) bond motifs is 1. The number of carbonyl (C=O) groups is 2. The molecule has 1 amide bonds. The van der Waals surface area contributed by atoms with Gasteiger partial charge in [-0.25, -0.2) is 9.59 Å². The number of nitrogens with zero attached hydrogens (tertiary/aromatic N) is 1. The van der Waals surface area contributed by atoms with E-state index in [1.54, 1.807) is 18.2 Å². The van der Waals surface area contributed by atoms with Gasteiger partial charge in [0.25, 0.3) is 0 Å². The monoisotopic (exact) mass is 419 g/mol. The maximum Gasteiger partial charge on any atom is 0.411 e. The number of ether oxygens (including phenoxy) is 3. The van der Waals surface area contributed by atoms with E-state index in [2.05, 4.69) is 15.9 Å². The van der Waals surface area contributed by atoms with Crippen LogP contribution in [0.2, 0.25) is 0 Å². The Hall–Kier alpha value is -2.54. The molecule has 1 unspecified atom stereocenters. The van der Waals surface area contributed by atoms with Gasteiger partial charge in [0.2, 0.25) is 0 Å². The van der Waals surface area contributed by atoms with Gasteiger partial charge >= 0.3 is 12.1 Å². The van der Waals surface area contributed by atoms with Crippen LogP contribution in [0.5, 0.6) is 5.75 Å². The van der Waals surface area contributed by atoms with Gasteiger partial charge < -0.3 is 14.2 Å². The fraction of sp³-hybridized carbons (Fsp3) is 0.263. The molecule has 0 aromatic heterocycles.